The summed E-state index contributed by atoms with van der Waals surface area (Å²) >= 11 is 0. The Bertz CT molecular complexity index is 352. The van der Waals surface area contributed by atoms with Crippen molar-refractivity contribution >= 4 is 0 Å². The third-order valence-electron chi connectivity index (χ3n) is 2.81. The maximum atomic E-state index is 11.4. The van der Waals surface area contributed by atoms with Crippen LogP contribution < -0.4 is 11.4 Å². The topological polar surface area (TPSA) is 63.8 Å². The number of imidazole rings is 1. The van der Waals surface area contributed by atoms with Gasteiger partial charge in [0.05, 0.1) is 0 Å². The molecule has 72 valence electrons. The lowest BCUT2D eigenvalue weighted by Crippen LogP contribution is -2.23. The number of rotatable bonds is 1. The fourth-order valence-corrected chi connectivity index (χ4v) is 2.15. The zero-order valence-corrected chi connectivity index (χ0v) is 7.79. The Morgan fingerprint density at radius 2 is 2.38 bits per heavy atom. The summed E-state index contributed by atoms with van der Waals surface area (Å²) in [6.45, 7) is 1.95. The summed E-state index contributed by atoms with van der Waals surface area (Å²) in [6, 6.07) is 0.583. The van der Waals surface area contributed by atoms with Gasteiger partial charge in [-0.25, -0.2) is 4.79 Å². The molecule has 0 bridgehead atoms. The van der Waals surface area contributed by atoms with E-state index in [1.165, 1.54) is 0 Å². The second-order valence-corrected chi connectivity index (χ2v) is 3.83. The van der Waals surface area contributed by atoms with Gasteiger partial charge in [-0.05, 0) is 26.2 Å². The van der Waals surface area contributed by atoms with Crippen molar-refractivity contribution in [3.63, 3.8) is 0 Å². The monoisotopic (exact) mass is 181 g/mol. The van der Waals surface area contributed by atoms with E-state index in [1.54, 1.807) is 6.20 Å². The number of nitrogens with two attached hydrogens (primary N) is 1. The van der Waals surface area contributed by atoms with Gasteiger partial charge in [0.15, 0.2) is 0 Å². The van der Waals surface area contributed by atoms with E-state index < -0.39 is 0 Å². The fraction of sp³-hybridized carbons (Fsp3) is 0.667. The molecule has 4 heteroatoms. The van der Waals surface area contributed by atoms with Crippen molar-refractivity contribution in [3.05, 3.63) is 22.4 Å². The second-order valence-electron chi connectivity index (χ2n) is 3.83. The quantitative estimate of drug-likeness (QED) is 0.664. The van der Waals surface area contributed by atoms with Crippen LogP contribution in [0.25, 0.3) is 0 Å². The van der Waals surface area contributed by atoms with Crippen LogP contribution in [0.2, 0.25) is 0 Å². The molecule has 0 amide bonds. The molecule has 0 radical (unpaired) electrons. The Balaban J connectivity index is 2.30. The van der Waals surface area contributed by atoms with E-state index in [0.29, 0.717) is 6.04 Å². The van der Waals surface area contributed by atoms with E-state index in [4.69, 9.17) is 5.73 Å². The van der Waals surface area contributed by atoms with Gasteiger partial charge in [-0.3, -0.25) is 4.57 Å². The van der Waals surface area contributed by atoms with E-state index in [9.17, 15) is 4.79 Å². The van der Waals surface area contributed by atoms with Gasteiger partial charge in [0.25, 0.3) is 0 Å². The summed E-state index contributed by atoms with van der Waals surface area (Å²) < 4.78 is 1.83. The minimum Gasteiger partial charge on any atom is -0.328 e. The van der Waals surface area contributed by atoms with Crippen molar-refractivity contribution in [2.45, 2.75) is 38.3 Å². The SMILES string of the molecule is Cc1c[nH]c(=O)n1C1CCC(N)C1. The average molecular weight is 181 g/mol. The normalized spacial score (nSPS) is 28.2. The largest absolute Gasteiger partial charge is 0.328 e. The molecular weight excluding hydrogens is 166 g/mol. The molecule has 2 atom stereocenters. The van der Waals surface area contributed by atoms with E-state index in [0.717, 1.165) is 25.0 Å². The number of aromatic amines is 1. The number of hydrogen-bond donors (Lipinski definition) is 2. The Hall–Kier alpha value is -1.03. The lowest BCUT2D eigenvalue weighted by Gasteiger charge is -2.11. The zero-order valence-electron chi connectivity index (χ0n) is 7.79. The van der Waals surface area contributed by atoms with Gasteiger partial charge < -0.3 is 10.7 Å². The number of nitrogens with one attached hydrogen (secondary N) is 1. The van der Waals surface area contributed by atoms with E-state index in [-0.39, 0.29) is 11.7 Å². The molecule has 0 aliphatic heterocycles. The van der Waals surface area contributed by atoms with Crippen molar-refractivity contribution in [3.8, 4) is 0 Å². The predicted octanol–water partition coefficient (Wildman–Crippen LogP) is 0.537. The van der Waals surface area contributed by atoms with E-state index in [1.807, 2.05) is 11.5 Å². The molecule has 1 aromatic heterocycles. The first-order valence-electron chi connectivity index (χ1n) is 4.70. The Kier molecular flexibility index (Phi) is 2.00. The van der Waals surface area contributed by atoms with Crippen molar-refractivity contribution < 1.29 is 0 Å². The predicted molar refractivity (Wildman–Crippen MR) is 50.7 cm³/mol. The first-order valence-corrected chi connectivity index (χ1v) is 4.70. The summed E-state index contributed by atoms with van der Waals surface area (Å²) in [5, 5.41) is 0. The highest BCUT2D eigenvalue weighted by Crippen LogP contribution is 2.28. The highest BCUT2D eigenvalue weighted by Gasteiger charge is 2.25. The summed E-state index contributed by atoms with van der Waals surface area (Å²) in [7, 11) is 0. The molecule has 13 heavy (non-hydrogen) atoms. The molecule has 2 unspecified atom stereocenters. The number of H-pyrrole nitrogens is 1. The van der Waals surface area contributed by atoms with Crippen LogP contribution in [0.4, 0.5) is 0 Å². The summed E-state index contributed by atoms with van der Waals surface area (Å²) in [6.07, 6.45) is 4.74. The molecule has 1 saturated carbocycles. The third kappa shape index (κ3) is 1.42. The fourth-order valence-electron chi connectivity index (χ4n) is 2.15. The molecule has 2 rings (SSSR count). The lowest BCUT2D eigenvalue weighted by molar-refractivity contribution is 0.487. The Morgan fingerprint density at radius 1 is 1.62 bits per heavy atom. The van der Waals surface area contributed by atoms with Gasteiger partial charge in [-0.15, -0.1) is 0 Å². The van der Waals surface area contributed by atoms with Gasteiger partial charge in [0.1, 0.15) is 0 Å². The van der Waals surface area contributed by atoms with Crippen LogP contribution in [0.15, 0.2) is 11.0 Å². The number of nitrogens with zero attached hydrogens (tertiary/aromatic N) is 1. The summed E-state index contributed by atoms with van der Waals surface area (Å²) in [5.41, 5.74) is 6.81. The molecule has 0 spiro atoms. The highest BCUT2D eigenvalue weighted by molar-refractivity contribution is 4.99. The van der Waals surface area contributed by atoms with Crippen LogP contribution >= 0.6 is 0 Å². The van der Waals surface area contributed by atoms with Crippen LogP contribution in [0.1, 0.15) is 31.0 Å². The summed E-state index contributed by atoms with van der Waals surface area (Å²) in [5.74, 6) is 0. The second kappa shape index (κ2) is 3.03. The third-order valence-corrected chi connectivity index (χ3v) is 2.81. The van der Waals surface area contributed by atoms with Gasteiger partial charge in [0.2, 0.25) is 0 Å². The average Bonchev–Trinajstić information content (AvgIpc) is 2.60. The maximum Gasteiger partial charge on any atom is 0.325 e. The summed E-state index contributed by atoms with van der Waals surface area (Å²) in [4.78, 5) is 14.1. The van der Waals surface area contributed by atoms with Crippen molar-refractivity contribution in [2.24, 2.45) is 5.73 Å². The Labute approximate surface area is 76.8 Å². The van der Waals surface area contributed by atoms with E-state index >= 15 is 0 Å². The molecule has 4 nitrogen and oxygen atoms in total. The van der Waals surface area contributed by atoms with Crippen LogP contribution in [0.5, 0.6) is 0 Å². The number of hydrogen-bond acceptors (Lipinski definition) is 2. The zero-order chi connectivity index (χ0) is 9.42. The minimum absolute atomic E-state index is 0.00315. The first-order chi connectivity index (χ1) is 6.18. The molecule has 1 fully saturated rings. The van der Waals surface area contributed by atoms with Crippen molar-refractivity contribution in [2.75, 3.05) is 0 Å². The maximum absolute atomic E-state index is 11.4. The van der Waals surface area contributed by atoms with Gasteiger partial charge in [-0.1, -0.05) is 0 Å². The van der Waals surface area contributed by atoms with Crippen molar-refractivity contribution in [1.29, 1.82) is 0 Å². The molecule has 1 aromatic rings. The first kappa shape index (κ1) is 8.56. The van der Waals surface area contributed by atoms with Gasteiger partial charge in [-0.2, -0.15) is 0 Å². The Morgan fingerprint density at radius 3 is 2.85 bits per heavy atom. The lowest BCUT2D eigenvalue weighted by atomic mass is 10.2. The number of aryl methyl sites for hydroxylation is 1. The molecule has 0 saturated heterocycles. The van der Waals surface area contributed by atoms with Crippen LogP contribution in [0, 0.1) is 6.92 Å². The molecule has 1 aliphatic carbocycles. The number of aromatic nitrogens is 2. The van der Waals surface area contributed by atoms with Crippen LogP contribution in [0.3, 0.4) is 0 Å². The minimum atomic E-state index is -0.00315. The smallest absolute Gasteiger partial charge is 0.325 e. The molecular formula is C9H15N3O. The molecule has 0 aromatic carbocycles. The highest BCUT2D eigenvalue weighted by atomic mass is 16.1. The van der Waals surface area contributed by atoms with Crippen LogP contribution in [-0.4, -0.2) is 15.6 Å². The van der Waals surface area contributed by atoms with E-state index in [2.05, 4.69) is 4.98 Å². The molecule has 3 N–H and O–H groups in total. The van der Waals surface area contributed by atoms with Gasteiger partial charge in [0, 0.05) is 24.0 Å². The van der Waals surface area contributed by atoms with Crippen molar-refractivity contribution in [1.82, 2.24) is 9.55 Å². The van der Waals surface area contributed by atoms with Gasteiger partial charge >= 0.3 is 5.69 Å². The van der Waals surface area contributed by atoms with Crippen LogP contribution in [-0.2, 0) is 0 Å². The molecule has 1 aliphatic rings. The molecule has 1 heterocycles. The standard InChI is InChI=1S/C9H15N3O/c1-6-5-11-9(13)12(6)8-3-2-7(10)4-8/h5,7-8H,2-4,10H2,1H3,(H,11,13).